The van der Waals surface area contributed by atoms with Crippen LogP contribution in [-0.4, -0.2) is 56.1 Å². The van der Waals surface area contributed by atoms with E-state index < -0.39 is 15.8 Å². The predicted molar refractivity (Wildman–Crippen MR) is 139 cm³/mol. The number of morpholine rings is 1. The average Bonchev–Trinajstić information content (AvgIpc) is 3.72. The van der Waals surface area contributed by atoms with Gasteiger partial charge >= 0.3 is 0 Å². The molecule has 2 heterocycles. The lowest BCUT2D eigenvalue weighted by Gasteiger charge is -2.39. The summed E-state index contributed by atoms with van der Waals surface area (Å²) < 4.78 is 49.8. The zero-order chi connectivity index (χ0) is 25.6. The molecular formula is C28H32FN3O4S. The van der Waals surface area contributed by atoms with Gasteiger partial charge in [0.05, 0.1) is 35.4 Å². The number of aromatic nitrogens is 1. The van der Waals surface area contributed by atoms with Crippen LogP contribution in [0.15, 0.2) is 53.4 Å². The Balaban J connectivity index is 1.12. The van der Waals surface area contributed by atoms with E-state index in [1.54, 1.807) is 12.1 Å². The van der Waals surface area contributed by atoms with Gasteiger partial charge in [-0.1, -0.05) is 30.3 Å². The van der Waals surface area contributed by atoms with Crippen molar-refractivity contribution >= 4 is 26.8 Å². The molecule has 1 saturated heterocycles. The lowest BCUT2D eigenvalue weighted by Crippen LogP contribution is -2.52. The van der Waals surface area contributed by atoms with Crippen LogP contribution in [0.3, 0.4) is 0 Å². The molecule has 3 aromatic rings. The largest absolute Gasteiger partial charge is 0.377 e. The molecule has 1 atom stereocenters. The minimum absolute atomic E-state index is 0.0604. The molecule has 196 valence electrons. The Morgan fingerprint density at radius 1 is 1.03 bits per heavy atom. The quantitative estimate of drug-likeness (QED) is 0.498. The van der Waals surface area contributed by atoms with Gasteiger partial charge in [0, 0.05) is 29.5 Å². The number of amides is 1. The third-order valence-corrected chi connectivity index (χ3v) is 9.61. The topological polar surface area (TPSA) is 91.5 Å². The number of sulfonamides is 1. The van der Waals surface area contributed by atoms with Crippen molar-refractivity contribution in [3.8, 4) is 11.3 Å². The summed E-state index contributed by atoms with van der Waals surface area (Å²) in [5, 5.41) is 0.351. The number of benzene rings is 2. The molecule has 1 amide bonds. The fourth-order valence-electron chi connectivity index (χ4n) is 5.86. The molecule has 6 rings (SSSR count). The Morgan fingerprint density at radius 2 is 1.78 bits per heavy atom. The van der Waals surface area contributed by atoms with Gasteiger partial charge < -0.3 is 14.6 Å². The second-order valence-corrected chi connectivity index (χ2v) is 12.3. The number of carbonyl (C=O) groups is 1. The molecule has 2 aliphatic carbocycles. The molecule has 1 aliphatic heterocycles. The Labute approximate surface area is 216 Å². The molecule has 0 radical (unpaired) electrons. The lowest BCUT2D eigenvalue weighted by atomic mass is 9.85. The molecule has 7 nitrogen and oxygen atoms in total. The van der Waals surface area contributed by atoms with E-state index in [0.717, 1.165) is 0 Å². The molecule has 37 heavy (non-hydrogen) atoms. The maximum atomic E-state index is 15.0. The van der Waals surface area contributed by atoms with Crippen LogP contribution < -0.4 is 4.72 Å². The van der Waals surface area contributed by atoms with Crippen LogP contribution in [-0.2, 0) is 19.6 Å². The van der Waals surface area contributed by atoms with Crippen molar-refractivity contribution in [1.29, 1.82) is 0 Å². The number of rotatable bonds is 6. The third-order valence-electron chi connectivity index (χ3n) is 8.09. The van der Waals surface area contributed by atoms with Crippen molar-refractivity contribution < 1.29 is 22.3 Å². The zero-order valence-electron chi connectivity index (χ0n) is 20.7. The van der Waals surface area contributed by atoms with Crippen LogP contribution in [0.1, 0.15) is 38.5 Å². The molecule has 2 N–H and O–H groups in total. The number of nitrogens with zero attached hydrogens (tertiary/aromatic N) is 1. The first-order chi connectivity index (χ1) is 17.9. The van der Waals surface area contributed by atoms with Gasteiger partial charge in [-0.2, -0.15) is 0 Å². The number of halogens is 1. The van der Waals surface area contributed by atoms with Crippen molar-refractivity contribution in [1.82, 2.24) is 14.6 Å². The van der Waals surface area contributed by atoms with E-state index in [1.165, 1.54) is 31.0 Å². The van der Waals surface area contributed by atoms with Gasteiger partial charge in [0.15, 0.2) is 5.82 Å². The number of carbonyl (C=O) groups excluding carboxylic acids is 1. The molecule has 2 aromatic carbocycles. The number of ether oxygens (including phenoxy) is 1. The van der Waals surface area contributed by atoms with Crippen LogP contribution in [0, 0.1) is 17.7 Å². The predicted octanol–water partition coefficient (Wildman–Crippen LogP) is 4.45. The molecule has 2 saturated carbocycles. The monoisotopic (exact) mass is 525 g/mol. The summed E-state index contributed by atoms with van der Waals surface area (Å²) in [5.41, 5.74) is 1.47. The highest BCUT2D eigenvalue weighted by molar-refractivity contribution is 7.89. The van der Waals surface area contributed by atoms with Gasteiger partial charge in [0.1, 0.15) is 0 Å². The third kappa shape index (κ3) is 4.92. The van der Waals surface area contributed by atoms with Crippen molar-refractivity contribution in [2.45, 2.75) is 55.5 Å². The number of aromatic amines is 1. The van der Waals surface area contributed by atoms with E-state index in [2.05, 4.69) is 9.71 Å². The molecule has 9 heteroatoms. The van der Waals surface area contributed by atoms with Crippen LogP contribution in [0.25, 0.3) is 22.2 Å². The number of H-pyrrole nitrogens is 1. The molecular weight excluding hydrogens is 493 g/mol. The minimum atomic E-state index is -3.79. The summed E-state index contributed by atoms with van der Waals surface area (Å²) in [5.74, 6) is 0.316. The summed E-state index contributed by atoms with van der Waals surface area (Å²) >= 11 is 0. The van der Waals surface area contributed by atoms with Crippen molar-refractivity contribution in [3.05, 3.63) is 54.3 Å². The summed E-state index contributed by atoms with van der Waals surface area (Å²) in [7, 11) is -3.79. The first-order valence-electron chi connectivity index (χ1n) is 13.2. The molecule has 0 unspecified atom stereocenters. The number of fused-ring (bicyclic) bond motifs is 1. The van der Waals surface area contributed by atoms with Crippen molar-refractivity contribution in [2.75, 3.05) is 19.8 Å². The minimum Gasteiger partial charge on any atom is -0.377 e. The Bertz CT molecular complexity index is 1400. The lowest BCUT2D eigenvalue weighted by molar-refractivity contribution is -0.146. The highest BCUT2D eigenvalue weighted by Crippen LogP contribution is 2.38. The van der Waals surface area contributed by atoms with Crippen LogP contribution in [0.5, 0.6) is 0 Å². The zero-order valence-corrected chi connectivity index (χ0v) is 21.5. The maximum Gasteiger partial charge on any atom is 0.240 e. The van der Waals surface area contributed by atoms with Gasteiger partial charge in [-0.25, -0.2) is 17.5 Å². The van der Waals surface area contributed by atoms with Gasteiger partial charge in [0.2, 0.25) is 15.9 Å². The second kappa shape index (κ2) is 9.85. The maximum absolute atomic E-state index is 15.0. The van der Waals surface area contributed by atoms with E-state index in [4.69, 9.17) is 4.74 Å². The smallest absolute Gasteiger partial charge is 0.240 e. The average molecular weight is 526 g/mol. The van der Waals surface area contributed by atoms with Crippen LogP contribution >= 0.6 is 0 Å². The fourth-order valence-corrected chi connectivity index (χ4v) is 7.19. The van der Waals surface area contributed by atoms with E-state index in [-0.39, 0.29) is 28.8 Å². The van der Waals surface area contributed by atoms with E-state index >= 15 is 0 Å². The van der Waals surface area contributed by atoms with Crippen LogP contribution in [0.4, 0.5) is 4.39 Å². The Morgan fingerprint density at radius 3 is 2.51 bits per heavy atom. The summed E-state index contributed by atoms with van der Waals surface area (Å²) in [6, 6.07) is 13.5. The fraction of sp³-hybridized carbons (Fsp3) is 0.464. The second-order valence-electron chi connectivity index (χ2n) is 10.6. The van der Waals surface area contributed by atoms with Gasteiger partial charge in [-0.15, -0.1) is 0 Å². The first-order valence-corrected chi connectivity index (χ1v) is 14.7. The van der Waals surface area contributed by atoms with Gasteiger partial charge in [-0.3, -0.25) is 4.79 Å². The molecule has 3 fully saturated rings. The van der Waals surface area contributed by atoms with E-state index in [0.29, 0.717) is 73.5 Å². The highest BCUT2D eigenvalue weighted by Gasteiger charge is 2.41. The van der Waals surface area contributed by atoms with Crippen LogP contribution in [0.2, 0.25) is 0 Å². The summed E-state index contributed by atoms with van der Waals surface area (Å²) in [4.78, 5) is 18.4. The van der Waals surface area contributed by atoms with Crippen molar-refractivity contribution in [3.63, 3.8) is 0 Å². The first kappa shape index (κ1) is 24.6. The standard InChI is InChI=1S/C28H32FN3O4S/c29-26-23-13-12-22(16-24(23)30-27(26)19-4-2-1-3-5-19)37(34,35)31-21-10-8-20(9-11-21)28(33)32-14-15-36-17-25(32)18-6-7-18/h1-5,12-13,16,18,20-21,25,30-31H,6-11,14-15,17H2/t20-,21-,25-/m1/s1. The molecule has 0 spiro atoms. The summed E-state index contributed by atoms with van der Waals surface area (Å²) in [6.07, 6.45) is 4.91. The van der Waals surface area contributed by atoms with E-state index in [9.17, 15) is 17.6 Å². The number of hydrogen-bond acceptors (Lipinski definition) is 4. The van der Waals surface area contributed by atoms with Gasteiger partial charge in [-0.05, 0) is 62.6 Å². The Kier molecular flexibility index (Phi) is 6.54. The SMILES string of the molecule is O=C([C@H]1CC[C@H](NS(=O)(=O)c2ccc3c(F)c(-c4ccccc4)[nH]c3c2)CC1)N1CCOC[C@@H]1C1CC1. The molecule has 3 aliphatic rings. The van der Waals surface area contributed by atoms with Gasteiger partial charge in [0.25, 0.3) is 0 Å². The van der Waals surface area contributed by atoms with Crippen molar-refractivity contribution in [2.24, 2.45) is 11.8 Å². The van der Waals surface area contributed by atoms with E-state index in [1.807, 2.05) is 23.1 Å². The summed E-state index contributed by atoms with van der Waals surface area (Å²) in [6.45, 7) is 1.87. The highest BCUT2D eigenvalue weighted by atomic mass is 32.2. The normalized spacial score (nSPS) is 24.9. The molecule has 1 aromatic heterocycles. The molecule has 0 bridgehead atoms. The number of hydrogen-bond donors (Lipinski definition) is 2. The number of nitrogens with one attached hydrogen (secondary N) is 2. The Hall–Kier alpha value is -2.75.